The molecule has 0 fully saturated rings. The lowest BCUT2D eigenvalue weighted by Crippen LogP contribution is -2.01. The van der Waals surface area contributed by atoms with Crippen LogP contribution >= 0.6 is 0 Å². The van der Waals surface area contributed by atoms with Gasteiger partial charge in [0, 0.05) is 12.5 Å². The van der Waals surface area contributed by atoms with Crippen LogP contribution in [0.5, 0.6) is 0 Å². The highest BCUT2D eigenvalue weighted by Gasteiger charge is 2.12. The fraction of sp³-hybridized carbons (Fsp3) is 0.368. The maximum Gasteiger partial charge on any atom is 0.145 e. The lowest BCUT2D eigenvalue weighted by atomic mass is 9.87. The van der Waals surface area contributed by atoms with Gasteiger partial charge >= 0.3 is 0 Å². The second-order valence-electron chi connectivity index (χ2n) is 5.57. The fourth-order valence-electron chi connectivity index (χ4n) is 2.84. The van der Waals surface area contributed by atoms with E-state index < -0.39 is 0 Å². The summed E-state index contributed by atoms with van der Waals surface area (Å²) in [6.07, 6.45) is 6.33. The third-order valence-corrected chi connectivity index (χ3v) is 4.40. The lowest BCUT2D eigenvalue weighted by Gasteiger charge is -2.18. The largest absolute Gasteiger partial charge is 0.428 e. The highest BCUT2D eigenvalue weighted by Crippen LogP contribution is 2.29. The molecule has 0 aliphatic rings. The van der Waals surface area contributed by atoms with Crippen molar-refractivity contribution in [2.24, 2.45) is 0 Å². The van der Waals surface area contributed by atoms with Gasteiger partial charge in [-0.1, -0.05) is 79.9 Å². The Labute approximate surface area is 131 Å². The van der Waals surface area contributed by atoms with Crippen molar-refractivity contribution in [2.75, 3.05) is 6.61 Å². The first-order valence-electron chi connectivity index (χ1n) is 8.00. The first-order valence-corrected chi connectivity index (χ1v) is 8.82. The zero-order valence-corrected chi connectivity index (χ0v) is 15.0. The number of rotatable bonds is 9. The van der Waals surface area contributed by atoms with E-state index in [0.29, 0.717) is 5.92 Å². The average Bonchev–Trinajstić information content (AvgIpc) is 2.56. The summed E-state index contributed by atoms with van der Waals surface area (Å²) in [5.41, 5.74) is 2.87. The zero-order chi connectivity index (χ0) is 14.8. The molecule has 2 heteroatoms. The molecule has 0 aromatic heterocycles. The van der Waals surface area contributed by atoms with Crippen LogP contribution < -0.4 is 0 Å². The average molecular weight is 299 g/mol. The fourth-order valence-corrected chi connectivity index (χ4v) is 3.13. The molecule has 0 atom stereocenters. The van der Waals surface area contributed by atoms with E-state index in [1.807, 2.05) is 0 Å². The third-order valence-electron chi connectivity index (χ3n) is 4.00. The molecule has 0 aliphatic heterocycles. The molecule has 2 rings (SSSR count). The van der Waals surface area contributed by atoms with E-state index in [4.69, 9.17) is 4.43 Å². The summed E-state index contributed by atoms with van der Waals surface area (Å²) in [6, 6.07) is 21.8. The summed E-state index contributed by atoms with van der Waals surface area (Å²) in [4.78, 5) is 0. The lowest BCUT2D eigenvalue weighted by molar-refractivity contribution is 0.332. The van der Waals surface area contributed by atoms with Crippen LogP contribution in [0.15, 0.2) is 60.7 Å². The Balaban J connectivity index is 1.94. The normalized spacial score (nSPS) is 11.1. The van der Waals surface area contributed by atoms with Crippen molar-refractivity contribution in [3.8, 4) is 0 Å². The molecule has 21 heavy (non-hydrogen) atoms. The van der Waals surface area contributed by atoms with Crippen molar-refractivity contribution < 1.29 is 4.43 Å². The smallest absolute Gasteiger partial charge is 0.145 e. The molecule has 0 N–H and O–H groups in total. The van der Waals surface area contributed by atoms with E-state index in [1.54, 1.807) is 0 Å². The van der Waals surface area contributed by atoms with Gasteiger partial charge in [-0.2, -0.15) is 0 Å². The molecule has 0 unspecified atom stereocenters. The van der Waals surface area contributed by atoms with Crippen LogP contribution in [0.2, 0.25) is 0 Å². The molecule has 0 spiro atoms. The van der Waals surface area contributed by atoms with Crippen molar-refractivity contribution >= 4 is 10.5 Å². The van der Waals surface area contributed by atoms with Crippen molar-refractivity contribution in [3.63, 3.8) is 0 Å². The van der Waals surface area contributed by atoms with Gasteiger partial charge in [-0.3, -0.25) is 0 Å². The molecule has 2 aromatic rings. The van der Waals surface area contributed by atoms with Crippen LogP contribution in [0.25, 0.3) is 0 Å². The standard InChI is InChI=1S/C19H26OSi/c21-20-16-10-2-1-9-15-19(17-11-5-3-6-12-17)18-13-7-4-8-14-18/h3-8,11-14,19H,1-2,9-10,15-16H2,21H3. The Bertz CT molecular complexity index is 444. The minimum Gasteiger partial charge on any atom is -0.428 e. The summed E-state index contributed by atoms with van der Waals surface area (Å²) in [5, 5.41) is 0. The summed E-state index contributed by atoms with van der Waals surface area (Å²) in [6.45, 7) is 0.951. The number of unbranched alkanes of at least 4 members (excludes halogenated alkanes) is 3. The van der Waals surface area contributed by atoms with Crippen LogP contribution in [0.3, 0.4) is 0 Å². The Morgan fingerprint density at radius 1 is 0.714 bits per heavy atom. The van der Waals surface area contributed by atoms with Crippen LogP contribution in [-0.4, -0.2) is 17.1 Å². The summed E-state index contributed by atoms with van der Waals surface area (Å²) >= 11 is 0. The number of hydrogen-bond acceptors (Lipinski definition) is 1. The van der Waals surface area contributed by atoms with Crippen molar-refractivity contribution in [3.05, 3.63) is 71.8 Å². The van der Waals surface area contributed by atoms with Gasteiger partial charge in [0.2, 0.25) is 0 Å². The van der Waals surface area contributed by atoms with Crippen molar-refractivity contribution in [2.45, 2.75) is 38.0 Å². The van der Waals surface area contributed by atoms with E-state index >= 15 is 0 Å². The summed E-state index contributed by atoms with van der Waals surface area (Å²) in [5.74, 6) is 0.530. The molecule has 0 saturated carbocycles. The molecule has 1 nitrogen and oxygen atoms in total. The van der Waals surface area contributed by atoms with E-state index in [-0.39, 0.29) is 0 Å². The SMILES string of the molecule is [SiH3]OCCCCCCC(c1ccccc1)c1ccccc1. The van der Waals surface area contributed by atoms with E-state index in [0.717, 1.165) is 17.1 Å². The van der Waals surface area contributed by atoms with Crippen molar-refractivity contribution in [1.82, 2.24) is 0 Å². The summed E-state index contributed by atoms with van der Waals surface area (Å²) in [7, 11) is 0.872. The third kappa shape index (κ3) is 5.48. The molecule has 0 aliphatic carbocycles. The Kier molecular flexibility index (Phi) is 7.26. The zero-order valence-electron chi connectivity index (χ0n) is 13.0. The molecule has 0 heterocycles. The van der Waals surface area contributed by atoms with Gasteiger partial charge in [0.25, 0.3) is 0 Å². The monoisotopic (exact) mass is 298 g/mol. The first-order chi connectivity index (χ1) is 10.4. The molecule has 0 radical (unpaired) electrons. The minimum atomic E-state index is 0.530. The molecular formula is C19H26OSi. The van der Waals surface area contributed by atoms with Crippen molar-refractivity contribution in [1.29, 1.82) is 0 Å². The summed E-state index contributed by atoms with van der Waals surface area (Å²) < 4.78 is 5.25. The van der Waals surface area contributed by atoms with Gasteiger partial charge in [-0.05, 0) is 24.0 Å². The second kappa shape index (κ2) is 9.53. The molecule has 0 amide bonds. The number of benzene rings is 2. The van der Waals surface area contributed by atoms with Crippen LogP contribution in [-0.2, 0) is 4.43 Å². The Hall–Kier alpha value is -1.38. The topological polar surface area (TPSA) is 9.23 Å². The highest BCUT2D eigenvalue weighted by atomic mass is 28.2. The predicted octanol–water partition coefficient (Wildman–Crippen LogP) is 4.07. The van der Waals surface area contributed by atoms with Crippen LogP contribution in [0.1, 0.15) is 49.1 Å². The van der Waals surface area contributed by atoms with E-state index in [9.17, 15) is 0 Å². The van der Waals surface area contributed by atoms with Gasteiger partial charge in [0.15, 0.2) is 0 Å². The molecular weight excluding hydrogens is 272 g/mol. The second-order valence-corrected chi connectivity index (χ2v) is 6.15. The molecule has 0 bridgehead atoms. The van der Waals surface area contributed by atoms with Crippen LogP contribution in [0, 0.1) is 0 Å². The maximum absolute atomic E-state index is 5.25. The highest BCUT2D eigenvalue weighted by molar-refractivity contribution is 5.97. The van der Waals surface area contributed by atoms with Gasteiger partial charge in [-0.25, -0.2) is 0 Å². The van der Waals surface area contributed by atoms with E-state index in [2.05, 4.69) is 60.7 Å². The van der Waals surface area contributed by atoms with Crippen LogP contribution in [0.4, 0.5) is 0 Å². The minimum absolute atomic E-state index is 0.530. The van der Waals surface area contributed by atoms with Gasteiger partial charge < -0.3 is 4.43 Å². The van der Waals surface area contributed by atoms with Gasteiger partial charge in [0.1, 0.15) is 10.5 Å². The Morgan fingerprint density at radius 2 is 1.24 bits per heavy atom. The Morgan fingerprint density at radius 3 is 1.76 bits per heavy atom. The molecule has 2 aromatic carbocycles. The van der Waals surface area contributed by atoms with Gasteiger partial charge in [0.05, 0.1) is 0 Å². The number of hydrogen-bond donors (Lipinski definition) is 0. The molecule has 0 saturated heterocycles. The van der Waals surface area contributed by atoms with Gasteiger partial charge in [-0.15, -0.1) is 0 Å². The quantitative estimate of drug-likeness (QED) is 0.501. The maximum atomic E-state index is 5.25. The first kappa shape index (κ1) is 16.0. The van der Waals surface area contributed by atoms with E-state index in [1.165, 1.54) is 43.2 Å². The predicted molar refractivity (Wildman–Crippen MR) is 93.7 cm³/mol. The molecule has 112 valence electrons.